The Morgan fingerprint density at radius 3 is 3.20 bits per heavy atom. The molecule has 1 N–H and O–H groups in total. The van der Waals surface area contributed by atoms with E-state index in [4.69, 9.17) is 0 Å². The maximum atomic E-state index is 12.2. The maximum Gasteiger partial charge on any atom is 0.246 e. The van der Waals surface area contributed by atoms with Crippen molar-refractivity contribution in [3.05, 3.63) is 16.8 Å². The predicted octanol–water partition coefficient (Wildman–Crippen LogP) is 0.385. The molecule has 2 aromatic rings. The summed E-state index contributed by atoms with van der Waals surface area (Å²) in [5.41, 5.74) is 0.906. The first-order valence-electron chi connectivity index (χ1n) is 6.48. The number of aliphatic hydroxyl groups excluding tert-OH is 1. The summed E-state index contributed by atoms with van der Waals surface area (Å²) in [6.45, 7) is 0.764. The Balaban J connectivity index is 1.67. The van der Waals surface area contributed by atoms with Crippen molar-refractivity contribution in [2.45, 2.75) is 25.4 Å². The van der Waals surface area contributed by atoms with Gasteiger partial charge in [0.1, 0.15) is 6.54 Å². The normalized spacial score (nSPS) is 18.6. The van der Waals surface area contributed by atoms with E-state index in [2.05, 4.69) is 15.4 Å². The largest absolute Gasteiger partial charge is 0.394 e. The summed E-state index contributed by atoms with van der Waals surface area (Å²) in [5.74, 6) is 0.454. The monoisotopic (exact) mass is 293 g/mol. The lowest BCUT2D eigenvalue weighted by Gasteiger charge is -2.22. The first-order chi connectivity index (χ1) is 9.78. The Bertz CT molecular complexity index is 582. The summed E-state index contributed by atoms with van der Waals surface area (Å²) in [7, 11) is 0. The van der Waals surface area contributed by atoms with Gasteiger partial charge in [0.25, 0.3) is 0 Å². The Hall–Kier alpha value is -1.80. The molecule has 1 aliphatic heterocycles. The molecule has 0 spiro atoms. The second-order valence-electron chi connectivity index (χ2n) is 4.72. The van der Waals surface area contributed by atoms with Gasteiger partial charge in [-0.05, 0) is 29.5 Å². The molecule has 0 saturated carbocycles. The van der Waals surface area contributed by atoms with Crippen LogP contribution < -0.4 is 0 Å². The van der Waals surface area contributed by atoms with Gasteiger partial charge in [0.2, 0.25) is 11.7 Å². The molecule has 20 heavy (non-hydrogen) atoms. The predicted molar refractivity (Wildman–Crippen MR) is 73.0 cm³/mol. The summed E-state index contributed by atoms with van der Waals surface area (Å²) < 4.78 is 0. The first-order valence-corrected chi connectivity index (χ1v) is 7.43. The van der Waals surface area contributed by atoms with E-state index in [1.165, 1.54) is 4.80 Å². The number of aromatic nitrogens is 4. The SMILES string of the molecule is O=C(Cn1nnc(-c2ccsc2)n1)N1CCC[C@@H]1CO. The van der Waals surface area contributed by atoms with Gasteiger partial charge in [-0.2, -0.15) is 16.1 Å². The molecule has 7 nitrogen and oxygen atoms in total. The fourth-order valence-electron chi connectivity index (χ4n) is 2.38. The number of rotatable bonds is 4. The average Bonchev–Trinajstić information content (AvgIpc) is 3.19. The molecular formula is C12H15N5O2S. The molecule has 1 fully saturated rings. The van der Waals surface area contributed by atoms with Gasteiger partial charge in [-0.3, -0.25) is 4.79 Å². The number of aliphatic hydroxyl groups is 1. The number of amides is 1. The fraction of sp³-hybridized carbons (Fsp3) is 0.500. The number of carbonyl (C=O) groups is 1. The Labute approximate surface area is 119 Å². The van der Waals surface area contributed by atoms with Gasteiger partial charge in [-0.25, -0.2) is 0 Å². The summed E-state index contributed by atoms with van der Waals surface area (Å²) in [4.78, 5) is 15.2. The average molecular weight is 293 g/mol. The molecule has 1 atom stereocenters. The highest BCUT2D eigenvalue weighted by molar-refractivity contribution is 7.08. The Kier molecular flexibility index (Phi) is 3.75. The minimum atomic E-state index is -0.0733. The van der Waals surface area contributed by atoms with Gasteiger partial charge in [-0.1, -0.05) is 0 Å². The zero-order valence-electron chi connectivity index (χ0n) is 10.8. The van der Waals surface area contributed by atoms with Gasteiger partial charge in [0.05, 0.1) is 12.6 Å². The van der Waals surface area contributed by atoms with Crippen molar-refractivity contribution in [2.24, 2.45) is 0 Å². The van der Waals surface area contributed by atoms with E-state index in [1.807, 2.05) is 16.8 Å². The third kappa shape index (κ3) is 2.56. The highest BCUT2D eigenvalue weighted by atomic mass is 32.1. The van der Waals surface area contributed by atoms with Gasteiger partial charge in [0.15, 0.2) is 0 Å². The summed E-state index contributed by atoms with van der Waals surface area (Å²) >= 11 is 1.56. The van der Waals surface area contributed by atoms with E-state index in [1.54, 1.807) is 16.2 Å². The molecule has 1 amide bonds. The topological polar surface area (TPSA) is 84.1 Å². The van der Waals surface area contributed by atoms with Crippen molar-refractivity contribution in [3.63, 3.8) is 0 Å². The summed E-state index contributed by atoms with van der Waals surface area (Å²) in [6, 6.07) is 1.85. The quantitative estimate of drug-likeness (QED) is 0.881. The van der Waals surface area contributed by atoms with Crippen molar-refractivity contribution in [3.8, 4) is 11.4 Å². The molecule has 0 bridgehead atoms. The van der Waals surface area contributed by atoms with Crippen LogP contribution in [-0.4, -0.2) is 55.3 Å². The first kappa shape index (κ1) is 13.2. The van der Waals surface area contributed by atoms with Crippen LogP contribution >= 0.6 is 11.3 Å². The molecule has 2 aromatic heterocycles. The minimum absolute atomic E-state index is 0.0106. The van der Waals surface area contributed by atoms with Gasteiger partial charge in [-0.15, -0.1) is 10.2 Å². The van der Waals surface area contributed by atoms with Crippen molar-refractivity contribution in [1.29, 1.82) is 0 Å². The molecule has 1 saturated heterocycles. The van der Waals surface area contributed by atoms with Gasteiger partial charge >= 0.3 is 0 Å². The lowest BCUT2D eigenvalue weighted by Crippen LogP contribution is -2.39. The highest BCUT2D eigenvalue weighted by Gasteiger charge is 2.28. The van der Waals surface area contributed by atoms with Crippen LogP contribution in [0.3, 0.4) is 0 Å². The van der Waals surface area contributed by atoms with Crippen molar-refractivity contribution in [2.75, 3.05) is 13.2 Å². The molecule has 3 rings (SSSR count). The zero-order chi connectivity index (χ0) is 13.9. The van der Waals surface area contributed by atoms with Crippen molar-refractivity contribution < 1.29 is 9.90 Å². The van der Waals surface area contributed by atoms with Crippen LogP contribution in [0, 0.1) is 0 Å². The number of thiophene rings is 1. The third-order valence-corrected chi connectivity index (χ3v) is 4.10. The van der Waals surface area contributed by atoms with E-state index in [0.717, 1.165) is 18.4 Å². The van der Waals surface area contributed by atoms with Crippen LogP contribution in [-0.2, 0) is 11.3 Å². The fourth-order valence-corrected chi connectivity index (χ4v) is 3.02. The second-order valence-corrected chi connectivity index (χ2v) is 5.50. The van der Waals surface area contributed by atoms with Crippen molar-refractivity contribution >= 4 is 17.2 Å². The van der Waals surface area contributed by atoms with E-state index >= 15 is 0 Å². The van der Waals surface area contributed by atoms with Crippen LogP contribution in [0.1, 0.15) is 12.8 Å². The smallest absolute Gasteiger partial charge is 0.246 e. The summed E-state index contributed by atoms with van der Waals surface area (Å²) in [6.07, 6.45) is 1.79. The second kappa shape index (κ2) is 5.68. The van der Waals surface area contributed by atoms with Crippen LogP contribution in [0.4, 0.5) is 0 Å². The molecule has 1 aliphatic rings. The number of carbonyl (C=O) groups excluding carboxylic acids is 1. The van der Waals surface area contributed by atoms with Crippen LogP contribution in [0.15, 0.2) is 16.8 Å². The molecule has 8 heteroatoms. The molecule has 0 aliphatic carbocycles. The molecular weight excluding hydrogens is 278 g/mol. The molecule has 106 valence electrons. The lowest BCUT2D eigenvalue weighted by atomic mass is 10.2. The number of hydrogen-bond donors (Lipinski definition) is 1. The molecule has 3 heterocycles. The minimum Gasteiger partial charge on any atom is -0.394 e. The van der Waals surface area contributed by atoms with E-state index in [0.29, 0.717) is 12.4 Å². The van der Waals surface area contributed by atoms with Gasteiger partial charge in [0, 0.05) is 17.5 Å². The summed E-state index contributed by atoms with van der Waals surface area (Å²) in [5, 5.41) is 25.2. The van der Waals surface area contributed by atoms with Crippen LogP contribution in [0.5, 0.6) is 0 Å². The maximum absolute atomic E-state index is 12.2. The Morgan fingerprint density at radius 1 is 1.55 bits per heavy atom. The standard InChI is InChI=1S/C12H15N5O2S/c18-7-10-2-1-4-16(10)11(19)6-17-14-12(13-15-17)9-3-5-20-8-9/h3,5,8,10,18H,1-2,4,6-7H2/t10-/m1/s1. The lowest BCUT2D eigenvalue weighted by molar-refractivity contribution is -0.133. The number of nitrogens with zero attached hydrogens (tertiary/aromatic N) is 5. The number of likely N-dealkylation sites (tertiary alicyclic amines) is 1. The van der Waals surface area contributed by atoms with Crippen LogP contribution in [0.25, 0.3) is 11.4 Å². The van der Waals surface area contributed by atoms with E-state index < -0.39 is 0 Å². The third-order valence-electron chi connectivity index (χ3n) is 3.42. The molecule has 0 aromatic carbocycles. The molecule has 0 unspecified atom stereocenters. The highest BCUT2D eigenvalue weighted by Crippen LogP contribution is 2.18. The number of tetrazole rings is 1. The number of hydrogen-bond acceptors (Lipinski definition) is 6. The Morgan fingerprint density at radius 2 is 2.45 bits per heavy atom. The molecule has 0 radical (unpaired) electrons. The van der Waals surface area contributed by atoms with E-state index in [9.17, 15) is 9.90 Å². The van der Waals surface area contributed by atoms with Crippen LogP contribution in [0.2, 0.25) is 0 Å². The zero-order valence-corrected chi connectivity index (χ0v) is 11.7. The van der Waals surface area contributed by atoms with Crippen molar-refractivity contribution in [1.82, 2.24) is 25.1 Å². The van der Waals surface area contributed by atoms with Gasteiger partial charge < -0.3 is 10.0 Å². The van der Waals surface area contributed by atoms with E-state index in [-0.39, 0.29) is 25.1 Å².